The van der Waals surface area contributed by atoms with Crippen molar-refractivity contribution in [2.75, 3.05) is 18.1 Å². The first-order valence-electron chi connectivity index (χ1n) is 6.34. The third kappa shape index (κ3) is 2.69. The predicted octanol–water partition coefficient (Wildman–Crippen LogP) is 2.47. The van der Waals surface area contributed by atoms with Crippen molar-refractivity contribution in [3.05, 3.63) is 32.8 Å². The van der Waals surface area contributed by atoms with Gasteiger partial charge < -0.3 is 10.0 Å². The number of nitriles is 1. The molecule has 0 aromatic heterocycles. The van der Waals surface area contributed by atoms with Crippen molar-refractivity contribution >= 4 is 23.0 Å². The number of aliphatic hydroxyl groups is 1. The molecule has 106 valence electrons. The van der Waals surface area contributed by atoms with Gasteiger partial charge in [0.15, 0.2) is 0 Å². The van der Waals surface area contributed by atoms with E-state index in [1.165, 1.54) is 12.1 Å². The Balaban J connectivity index is 2.51. The minimum atomic E-state index is -0.518. The van der Waals surface area contributed by atoms with E-state index in [1.807, 2.05) is 11.0 Å². The number of nitro groups is 1. The molecule has 20 heavy (non-hydrogen) atoms. The second-order valence-corrected chi connectivity index (χ2v) is 5.12. The summed E-state index contributed by atoms with van der Waals surface area (Å²) < 4.78 is 0. The second kappa shape index (κ2) is 6.07. The maximum Gasteiger partial charge on any atom is 0.293 e. The Bertz CT molecular complexity index is 571. The summed E-state index contributed by atoms with van der Waals surface area (Å²) in [6.45, 7) is 0.572. The van der Waals surface area contributed by atoms with Gasteiger partial charge in [-0.25, -0.2) is 0 Å². The van der Waals surface area contributed by atoms with Crippen LogP contribution >= 0.6 is 11.6 Å². The van der Waals surface area contributed by atoms with Crippen LogP contribution in [0.15, 0.2) is 12.1 Å². The highest BCUT2D eigenvalue weighted by atomic mass is 35.5. The van der Waals surface area contributed by atoms with Crippen LogP contribution in [0.2, 0.25) is 5.02 Å². The summed E-state index contributed by atoms with van der Waals surface area (Å²) in [5.41, 5.74) is 0.309. The summed E-state index contributed by atoms with van der Waals surface area (Å²) in [6, 6.07) is 4.34. The van der Waals surface area contributed by atoms with Gasteiger partial charge in [0, 0.05) is 12.6 Å². The van der Waals surface area contributed by atoms with Gasteiger partial charge in [-0.15, -0.1) is 0 Å². The Kier molecular flexibility index (Phi) is 4.42. The summed E-state index contributed by atoms with van der Waals surface area (Å²) in [5, 5.41) is 29.7. The first kappa shape index (κ1) is 14.6. The molecule has 0 aliphatic carbocycles. The number of hydrogen-bond donors (Lipinski definition) is 1. The molecule has 1 aliphatic heterocycles. The number of hydrogen-bond acceptors (Lipinski definition) is 5. The number of halogens is 1. The van der Waals surface area contributed by atoms with Crippen LogP contribution in [0.3, 0.4) is 0 Å². The van der Waals surface area contributed by atoms with Gasteiger partial charge in [-0.1, -0.05) is 11.6 Å². The molecule has 1 aromatic carbocycles. The molecule has 1 unspecified atom stereocenters. The molecule has 0 spiro atoms. The molecule has 1 saturated heterocycles. The van der Waals surface area contributed by atoms with Crippen molar-refractivity contribution in [2.45, 2.75) is 25.3 Å². The van der Waals surface area contributed by atoms with Crippen molar-refractivity contribution in [2.24, 2.45) is 0 Å². The molecule has 1 aromatic rings. The average Bonchev–Trinajstić information content (AvgIpc) is 2.46. The van der Waals surface area contributed by atoms with E-state index >= 15 is 0 Å². The molecule has 1 aliphatic rings. The summed E-state index contributed by atoms with van der Waals surface area (Å²) in [4.78, 5) is 12.5. The third-order valence-corrected chi connectivity index (χ3v) is 3.84. The highest BCUT2D eigenvalue weighted by Gasteiger charge is 2.29. The number of nitrogens with zero attached hydrogens (tertiary/aromatic N) is 3. The van der Waals surface area contributed by atoms with Gasteiger partial charge >= 0.3 is 0 Å². The molecule has 1 N–H and O–H groups in total. The third-order valence-electron chi connectivity index (χ3n) is 3.53. The van der Waals surface area contributed by atoms with E-state index in [9.17, 15) is 15.2 Å². The molecule has 7 heteroatoms. The largest absolute Gasteiger partial charge is 0.394 e. The van der Waals surface area contributed by atoms with E-state index in [2.05, 4.69) is 0 Å². The summed E-state index contributed by atoms with van der Waals surface area (Å²) in [6.07, 6.45) is 2.68. The second-order valence-electron chi connectivity index (χ2n) is 4.72. The number of benzene rings is 1. The van der Waals surface area contributed by atoms with Gasteiger partial charge in [-0.3, -0.25) is 10.1 Å². The molecule has 6 nitrogen and oxygen atoms in total. The summed E-state index contributed by atoms with van der Waals surface area (Å²) in [7, 11) is 0. The highest BCUT2D eigenvalue weighted by Crippen LogP contribution is 2.36. The van der Waals surface area contributed by atoms with Crippen LogP contribution in [-0.2, 0) is 0 Å². The zero-order chi connectivity index (χ0) is 14.7. The van der Waals surface area contributed by atoms with Gasteiger partial charge in [0.05, 0.1) is 28.2 Å². The van der Waals surface area contributed by atoms with Crippen LogP contribution in [0.25, 0.3) is 0 Å². The van der Waals surface area contributed by atoms with Crippen molar-refractivity contribution in [3.8, 4) is 6.07 Å². The standard InChI is InChI=1S/C13H14ClN3O3/c14-11-6-12(13(17(19)20)5-9(11)7-15)16-4-2-1-3-10(16)8-18/h5-6,10,18H,1-4,8H2. The van der Waals surface area contributed by atoms with Gasteiger partial charge in [-0.2, -0.15) is 5.26 Å². The molecule has 0 amide bonds. The van der Waals surface area contributed by atoms with E-state index < -0.39 is 4.92 Å². The number of anilines is 1. The van der Waals surface area contributed by atoms with E-state index in [-0.39, 0.29) is 28.9 Å². The van der Waals surface area contributed by atoms with Crippen LogP contribution in [0, 0.1) is 21.4 Å². The first-order valence-corrected chi connectivity index (χ1v) is 6.71. The number of piperidine rings is 1. The van der Waals surface area contributed by atoms with Crippen molar-refractivity contribution in [1.82, 2.24) is 0 Å². The minimum Gasteiger partial charge on any atom is -0.394 e. The van der Waals surface area contributed by atoms with Crippen molar-refractivity contribution in [1.29, 1.82) is 5.26 Å². The lowest BCUT2D eigenvalue weighted by Gasteiger charge is -2.36. The smallest absolute Gasteiger partial charge is 0.293 e. The Labute approximate surface area is 121 Å². The SMILES string of the molecule is N#Cc1cc([N+](=O)[O-])c(N2CCCCC2CO)cc1Cl. The average molecular weight is 296 g/mol. The molecular formula is C13H14ClN3O3. The molecular weight excluding hydrogens is 282 g/mol. The zero-order valence-corrected chi connectivity index (χ0v) is 11.5. The zero-order valence-electron chi connectivity index (χ0n) is 10.8. The Morgan fingerprint density at radius 1 is 1.55 bits per heavy atom. The fourth-order valence-electron chi connectivity index (χ4n) is 2.52. The molecule has 0 radical (unpaired) electrons. The van der Waals surface area contributed by atoms with Crippen LogP contribution in [0.5, 0.6) is 0 Å². The highest BCUT2D eigenvalue weighted by molar-refractivity contribution is 6.32. The molecule has 1 heterocycles. The first-order chi connectivity index (χ1) is 9.58. The van der Waals surface area contributed by atoms with E-state index in [0.29, 0.717) is 12.2 Å². The van der Waals surface area contributed by atoms with E-state index in [4.69, 9.17) is 16.9 Å². The van der Waals surface area contributed by atoms with Gasteiger partial charge in [0.1, 0.15) is 11.8 Å². The molecule has 1 atom stereocenters. The fourth-order valence-corrected chi connectivity index (χ4v) is 2.72. The monoisotopic (exact) mass is 295 g/mol. The quantitative estimate of drug-likeness (QED) is 0.683. The maximum atomic E-state index is 11.2. The van der Waals surface area contributed by atoms with Crippen molar-refractivity contribution in [3.63, 3.8) is 0 Å². The maximum absolute atomic E-state index is 11.2. The topological polar surface area (TPSA) is 90.4 Å². The molecule has 2 rings (SSSR count). The molecule has 0 saturated carbocycles. The van der Waals surface area contributed by atoms with Gasteiger partial charge in [-0.05, 0) is 25.3 Å². The molecule has 0 bridgehead atoms. The Morgan fingerprint density at radius 2 is 2.30 bits per heavy atom. The molecule has 1 fully saturated rings. The number of nitro benzene ring substituents is 1. The van der Waals surface area contributed by atoms with Crippen LogP contribution in [0.4, 0.5) is 11.4 Å². The van der Waals surface area contributed by atoms with Crippen LogP contribution in [-0.4, -0.2) is 29.2 Å². The minimum absolute atomic E-state index is 0.0607. The lowest BCUT2D eigenvalue weighted by Crippen LogP contribution is -2.42. The lowest BCUT2D eigenvalue weighted by atomic mass is 10.0. The van der Waals surface area contributed by atoms with Crippen LogP contribution in [0.1, 0.15) is 24.8 Å². The Hall–Kier alpha value is -1.84. The van der Waals surface area contributed by atoms with Gasteiger partial charge in [0.2, 0.25) is 0 Å². The van der Waals surface area contributed by atoms with Crippen molar-refractivity contribution < 1.29 is 10.0 Å². The van der Waals surface area contributed by atoms with Gasteiger partial charge in [0.25, 0.3) is 5.69 Å². The number of rotatable bonds is 3. The van der Waals surface area contributed by atoms with E-state index in [0.717, 1.165) is 19.3 Å². The summed E-state index contributed by atoms with van der Waals surface area (Å²) >= 11 is 5.98. The Morgan fingerprint density at radius 3 is 2.90 bits per heavy atom. The number of aliphatic hydroxyl groups excluding tert-OH is 1. The van der Waals surface area contributed by atoms with Crippen LogP contribution < -0.4 is 4.90 Å². The predicted molar refractivity (Wildman–Crippen MR) is 74.9 cm³/mol. The van der Waals surface area contributed by atoms with E-state index in [1.54, 1.807) is 0 Å². The summed E-state index contributed by atoms with van der Waals surface area (Å²) in [5.74, 6) is 0. The fraction of sp³-hybridized carbons (Fsp3) is 0.462. The lowest BCUT2D eigenvalue weighted by molar-refractivity contribution is -0.384. The normalized spacial score (nSPS) is 18.6.